The Balaban J connectivity index is 1.33. The number of benzene rings is 2. The van der Waals surface area contributed by atoms with E-state index in [1.54, 1.807) is 6.26 Å². The number of hydrogen-bond donors (Lipinski definition) is 1. The number of furan rings is 1. The van der Waals surface area contributed by atoms with Crippen LogP contribution in [-0.2, 0) is 13.0 Å². The lowest BCUT2D eigenvalue weighted by Crippen LogP contribution is -2.05. The number of aryl methyl sites for hydroxylation is 1. The molecule has 6 rings (SSSR count). The number of pyridine rings is 1. The fourth-order valence-electron chi connectivity index (χ4n) is 4.40. The van der Waals surface area contributed by atoms with E-state index in [1.165, 1.54) is 5.56 Å². The number of nitrogens with one attached hydrogen (secondary N) is 1. The standard InChI is InChI=1S/C27H23N7O/c1-2-6-26-29-22-15-23(25-9-5-14-35-25)28-16-24(22)34(26)17-18-10-12-19(13-11-18)20-7-3-4-8-21(20)27-30-32-33-31-27/h3-5,7-16H,2,6,17H2,1H3,(H,30,31,32,33). The maximum Gasteiger partial charge on any atom is 0.205 e. The van der Waals surface area contributed by atoms with E-state index >= 15 is 0 Å². The molecule has 0 saturated heterocycles. The first kappa shape index (κ1) is 21.0. The van der Waals surface area contributed by atoms with E-state index in [9.17, 15) is 0 Å². The predicted octanol–water partition coefficient (Wildman–Crippen LogP) is 5.54. The first-order chi connectivity index (χ1) is 17.3. The highest BCUT2D eigenvalue weighted by Crippen LogP contribution is 2.30. The topological polar surface area (TPSA) is 98.3 Å². The lowest BCUT2D eigenvalue weighted by molar-refractivity contribution is 0.580. The van der Waals surface area contributed by atoms with Gasteiger partial charge in [-0.25, -0.2) is 4.98 Å². The zero-order valence-electron chi connectivity index (χ0n) is 19.2. The van der Waals surface area contributed by atoms with Gasteiger partial charge in [0.2, 0.25) is 5.82 Å². The van der Waals surface area contributed by atoms with Gasteiger partial charge in [-0.15, -0.1) is 10.2 Å². The number of aromatic nitrogens is 7. The fraction of sp³-hybridized carbons (Fsp3) is 0.148. The second-order valence-electron chi connectivity index (χ2n) is 8.38. The van der Waals surface area contributed by atoms with E-state index in [0.29, 0.717) is 5.82 Å². The summed E-state index contributed by atoms with van der Waals surface area (Å²) >= 11 is 0. The van der Waals surface area contributed by atoms with Gasteiger partial charge in [-0.05, 0) is 46.5 Å². The van der Waals surface area contributed by atoms with E-state index in [1.807, 2.05) is 42.6 Å². The summed E-state index contributed by atoms with van der Waals surface area (Å²) in [5.41, 5.74) is 7.05. The molecule has 4 heterocycles. The number of hydrogen-bond acceptors (Lipinski definition) is 6. The largest absolute Gasteiger partial charge is 0.463 e. The fourth-order valence-corrected chi connectivity index (χ4v) is 4.40. The number of nitrogens with zero attached hydrogens (tertiary/aromatic N) is 6. The average molecular weight is 462 g/mol. The van der Waals surface area contributed by atoms with Gasteiger partial charge in [0.05, 0.1) is 23.5 Å². The Hall–Kier alpha value is -4.59. The molecule has 8 heteroatoms. The van der Waals surface area contributed by atoms with Crippen molar-refractivity contribution in [3.63, 3.8) is 0 Å². The second kappa shape index (κ2) is 8.98. The van der Waals surface area contributed by atoms with Crippen LogP contribution in [0.2, 0.25) is 0 Å². The monoisotopic (exact) mass is 461 g/mol. The SMILES string of the molecule is CCCc1nc2cc(-c3ccco3)ncc2n1Cc1ccc(-c2ccccc2-c2nn[nH]n2)cc1. The second-order valence-corrected chi connectivity index (χ2v) is 8.38. The maximum absolute atomic E-state index is 5.52. The Bertz CT molecular complexity index is 1570. The summed E-state index contributed by atoms with van der Waals surface area (Å²) in [6.07, 6.45) is 5.48. The molecule has 35 heavy (non-hydrogen) atoms. The molecule has 0 fully saturated rings. The van der Waals surface area contributed by atoms with Crippen molar-refractivity contribution >= 4 is 11.0 Å². The third-order valence-corrected chi connectivity index (χ3v) is 6.08. The summed E-state index contributed by atoms with van der Waals surface area (Å²) in [6.45, 7) is 2.90. The number of imidazole rings is 1. The molecule has 0 aliphatic carbocycles. The van der Waals surface area contributed by atoms with Gasteiger partial charge in [0, 0.05) is 18.5 Å². The van der Waals surface area contributed by atoms with Crippen molar-refractivity contribution in [2.45, 2.75) is 26.3 Å². The molecule has 0 unspecified atom stereocenters. The number of H-pyrrole nitrogens is 1. The molecule has 0 radical (unpaired) electrons. The Morgan fingerprint density at radius 3 is 2.57 bits per heavy atom. The molecule has 0 aliphatic rings. The lowest BCUT2D eigenvalue weighted by atomic mass is 9.98. The van der Waals surface area contributed by atoms with Crippen LogP contribution in [0.4, 0.5) is 0 Å². The zero-order chi connectivity index (χ0) is 23.6. The van der Waals surface area contributed by atoms with Crippen LogP contribution < -0.4 is 0 Å². The maximum atomic E-state index is 5.52. The van der Waals surface area contributed by atoms with Crippen molar-refractivity contribution in [3.8, 4) is 34.0 Å². The Morgan fingerprint density at radius 2 is 1.83 bits per heavy atom. The summed E-state index contributed by atoms with van der Waals surface area (Å²) in [5.74, 6) is 2.39. The Morgan fingerprint density at radius 1 is 0.971 bits per heavy atom. The van der Waals surface area contributed by atoms with Crippen LogP contribution in [0.25, 0.3) is 45.0 Å². The van der Waals surface area contributed by atoms with Crippen molar-refractivity contribution in [1.82, 2.24) is 35.2 Å². The van der Waals surface area contributed by atoms with Crippen LogP contribution in [0.1, 0.15) is 24.7 Å². The normalized spacial score (nSPS) is 11.3. The molecule has 1 N–H and O–H groups in total. The molecule has 0 aliphatic heterocycles. The molecule has 0 atom stereocenters. The third kappa shape index (κ3) is 3.99. The summed E-state index contributed by atoms with van der Waals surface area (Å²) in [7, 11) is 0. The molecular weight excluding hydrogens is 438 g/mol. The first-order valence-electron chi connectivity index (χ1n) is 11.6. The van der Waals surface area contributed by atoms with Crippen molar-refractivity contribution in [1.29, 1.82) is 0 Å². The molecule has 0 amide bonds. The highest BCUT2D eigenvalue weighted by molar-refractivity contribution is 5.81. The Kier molecular flexibility index (Phi) is 5.38. The Labute approximate surface area is 201 Å². The summed E-state index contributed by atoms with van der Waals surface area (Å²) in [4.78, 5) is 9.57. The van der Waals surface area contributed by atoms with Crippen LogP contribution >= 0.6 is 0 Å². The molecule has 172 valence electrons. The van der Waals surface area contributed by atoms with Crippen LogP contribution in [0.3, 0.4) is 0 Å². The number of tetrazole rings is 1. The molecular formula is C27H23N7O. The number of rotatable bonds is 7. The molecule has 8 nitrogen and oxygen atoms in total. The van der Waals surface area contributed by atoms with Gasteiger partial charge in [-0.3, -0.25) is 4.98 Å². The molecule has 4 aromatic heterocycles. The van der Waals surface area contributed by atoms with E-state index in [2.05, 4.69) is 67.4 Å². The molecule has 2 aromatic carbocycles. The van der Waals surface area contributed by atoms with Crippen molar-refractivity contribution in [3.05, 3.63) is 90.6 Å². The van der Waals surface area contributed by atoms with Crippen molar-refractivity contribution < 1.29 is 4.42 Å². The van der Waals surface area contributed by atoms with Gasteiger partial charge >= 0.3 is 0 Å². The first-order valence-corrected chi connectivity index (χ1v) is 11.6. The van der Waals surface area contributed by atoms with Gasteiger partial charge in [0.1, 0.15) is 11.5 Å². The van der Waals surface area contributed by atoms with E-state index in [-0.39, 0.29) is 0 Å². The minimum absolute atomic E-state index is 0.584. The summed E-state index contributed by atoms with van der Waals surface area (Å²) < 4.78 is 7.78. The van der Waals surface area contributed by atoms with Crippen LogP contribution in [-0.4, -0.2) is 35.2 Å². The number of aromatic amines is 1. The van der Waals surface area contributed by atoms with E-state index in [0.717, 1.165) is 64.4 Å². The summed E-state index contributed by atoms with van der Waals surface area (Å²) in [6, 6.07) is 22.5. The van der Waals surface area contributed by atoms with Gasteiger partial charge in [-0.1, -0.05) is 55.5 Å². The van der Waals surface area contributed by atoms with Crippen LogP contribution in [0.15, 0.2) is 83.6 Å². The highest BCUT2D eigenvalue weighted by atomic mass is 16.3. The highest BCUT2D eigenvalue weighted by Gasteiger charge is 2.14. The molecule has 0 saturated carbocycles. The van der Waals surface area contributed by atoms with Crippen LogP contribution in [0, 0.1) is 0 Å². The quantitative estimate of drug-likeness (QED) is 0.335. The number of fused-ring (bicyclic) bond motifs is 1. The van der Waals surface area contributed by atoms with Gasteiger partial charge in [-0.2, -0.15) is 5.21 Å². The van der Waals surface area contributed by atoms with Gasteiger partial charge in [0.15, 0.2) is 5.76 Å². The molecule has 0 spiro atoms. The zero-order valence-corrected chi connectivity index (χ0v) is 19.2. The lowest BCUT2D eigenvalue weighted by Gasteiger charge is -2.11. The smallest absolute Gasteiger partial charge is 0.205 e. The van der Waals surface area contributed by atoms with Gasteiger partial charge < -0.3 is 8.98 Å². The minimum atomic E-state index is 0.584. The average Bonchev–Trinajstić information content (AvgIpc) is 3.67. The van der Waals surface area contributed by atoms with E-state index < -0.39 is 0 Å². The molecule has 6 aromatic rings. The summed E-state index contributed by atoms with van der Waals surface area (Å²) in [5, 5.41) is 14.5. The molecule has 0 bridgehead atoms. The third-order valence-electron chi connectivity index (χ3n) is 6.08. The predicted molar refractivity (Wildman–Crippen MR) is 133 cm³/mol. The van der Waals surface area contributed by atoms with Gasteiger partial charge in [0.25, 0.3) is 0 Å². The van der Waals surface area contributed by atoms with Crippen molar-refractivity contribution in [2.75, 3.05) is 0 Å². The van der Waals surface area contributed by atoms with Crippen LogP contribution in [0.5, 0.6) is 0 Å². The van der Waals surface area contributed by atoms with Crippen molar-refractivity contribution in [2.24, 2.45) is 0 Å². The minimum Gasteiger partial charge on any atom is -0.463 e. The van der Waals surface area contributed by atoms with E-state index in [4.69, 9.17) is 9.40 Å².